The van der Waals surface area contributed by atoms with Gasteiger partial charge >= 0.3 is 0 Å². The van der Waals surface area contributed by atoms with E-state index >= 15 is 0 Å². The number of aromatic nitrogens is 2. The van der Waals surface area contributed by atoms with Gasteiger partial charge in [-0.3, -0.25) is 4.98 Å². The molecule has 0 aliphatic carbocycles. The van der Waals surface area contributed by atoms with Gasteiger partial charge in [-0.05, 0) is 69.6 Å². The van der Waals surface area contributed by atoms with E-state index in [4.69, 9.17) is 17.0 Å². The molecular formula is C21H28N4OS. The Morgan fingerprint density at radius 3 is 2.78 bits per heavy atom. The van der Waals surface area contributed by atoms with E-state index in [0.29, 0.717) is 0 Å². The number of hydrogen-bond donors (Lipinski definition) is 1. The third-order valence-electron chi connectivity index (χ3n) is 5.45. The second-order valence-electron chi connectivity index (χ2n) is 8.44. The molecule has 2 aromatic heterocycles. The van der Waals surface area contributed by atoms with E-state index in [1.165, 1.54) is 5.56 Å². The summed E-state index contributed by atoms with van der Waals surface area (Å²) < 4.78 is 8.17. The fraction of sp³-hybridized carbons (Fsp3) is 0.524. The van der Waals surface area contributed by atoms with E-state index in [2.05, 4.69) is 65.1 Å². The van der Waals surface area contributed by atoms with Crippen LogP contribution in [0.15, 0.2) is 42.9 Å². The van der Waals surface area contributed by atoms with Crippen molar-refractivity contribution < 1.29 is 4.74 Å². The molecule has 6 heteroatoms. The molecule has 0 saturated carbocycles. The van der Waals surface area contributed by atoms with Gasteiger partial charge in [0.2, 0.25) is 0 Å². The molecule has 0 bridgehead atoms. The average Bonchev–Trinajstić information content (AvgIpc) is 3.37. The Morgan fingerprint density at radius 1 is 1.30 bits per heavy atom. The zero-order valence-corrected chi connectivity index (χ0v) is 17.1. The van der Waals surface area contributed by atoms with E-state index in [1.54, 1.807) is 0 Å². The van der Waals surface area contributed by atoms with Gasteiger partial charge < -0.3 is 19.5 Å². The van der Waals surface area contributed by atoms with E-state index in [0.717, 1.165) is 36.8 Å². The summed E-state index contributed by atoms with van der Waals surface area (Å²) in [4.78, 5) is 6.90. The zero-order chi connectivity index (χ0) is 19.0. The fourth-order valence-corrected chi connectivity index (χ4v) is 4.29. The summed E-state index contributed by atoms with van der Waals surface area (Å²) in [6, 6.07) is 8.42. The molecule has 0 spiro atoms. The van der Waals surface area contributed by atoms with Crippen molar-refractivity contribution in [1.29, 1.82) is 0 Å². The van der Waals surface area contributed by atoms with Gasteiger partial charge in [-0.1, -0.05) is 6.07 Å². The lowest BCUT2D eigenvalue weighted by Gasteiger charge is -2.29. The zero-order valence-electron chi connectivity index (χ0n) is 16.3. The first-order chi connectivity index (χ1) is 12.9. The van der Waals surface area contributed by atoms with Crippen molar-refractivity contribution in [3.8, 4) is 0 Å². The third kappa shape index (κ3) is 3.73. The van der Waals surface area contributed by atoms with Crippen LogP contribution in [0.3, 0.4) is 0 Å². The molecule has 2 aromatic rings. The molecule has 0 aromatic carbocycles. The van der Waals surface area contributed by atoms with Crippen molar-refractivity contribution in [1.82, 2.24) is 19.8 Å². The third-order valence-corrected chi connectivity index (χ3v) is 5.81. The van der Waals surface area contributed by atoms with Crippen molar-refractivity contribution in [2.45, 2.75) is 57.3 Å². The number of rotatable bonds is 4. The Kier molecular flexibility index (Phi) is 4.95. The molecule has 2 saturated heterocycles. The summed E-state index contributed by atoms with van der Waals surface area (Å²) >= 11 is 5.73. The first-order valence-corrected chi connectivity index (χ1v) is 10.1. The van der Waals surface area contributed by atoms with E-state index in [9.17, 15) is 0 Å². The number of ether oxygens (including phenoxy) is 1. The molecule has 2 fully saturated rings. The minimum absolute atomic E-state index is 0.0379. The van der Waals surface area contributed by atoms with Gasteiger partial charge in [-0.15, -0.1) is 0 Å². The van der Waals surface area contributed by atoms with Crippen LogP contribution in [0.2, 0.25) is 0 Å². The van der Waals surface area contributed by atoms with Gasteiger partial charge in [-0.2, -0.15) is 0 Å². The van der Waals surface area contributed by atoms with Crippen LogP contribution in [0.4, 0.5) is 0 Å². The molecule has 27 heavy (non-hydrogen) atoms. The molecule has 2 aliphatic heterocycles. The summed E-state index contributed by atoms with van der Waals surface area (Å²) in [5, 5.41) is 4.31. The summed E-state index contributed by atoms with van der Waals surface area (Å²) in [5.41, 5.74) is 2.32. The molecule has 144 valence electrons. The van der Waals surface area contributed by atoms with Crippen molar-refractivity contribution in [2.75, 3.05) is 13.2 Å². The molecule has 2 aliphatic rings. The monoisotopic (exact) mass is 384 g/mol. The Labute approximate surface area is 166 Å². The first kappa shape index (κ1) is 18.4. The lowest BCUT2D eigenvalue weighted by molar-refractivity contribution is 0.0842. The van der Waals surface area contributed by atoms with Gasteiger partial charge in [0.05, 0.1) is 23.9 Å². The maximum Gasteiger partial charge on any atom is 0.170 e. The van der Waals surface area contributed by atoms with Gasteiger partial charge in [0, 0.05) is 37.3 Å². The quantitative estimate of drug-likeness (QED) is 0.813. The van der Waals surface area contributed by atoms with Gasteiger partial charge in [0.25, 0.3) is 0 Å². The minimum Gasteiger partial charge on any atom is -0.376 e. The largest absolute Gasteiger partial charge is 0.376 e. The molecule has 0 amide bonds. The summed E-state index contributed by atoms with van der Waals surface area (Å²) in [6.45, 7) is 8.33. The lowest BCUT2D eigenvalue weighted by atomic mass is 9.98. The van der Waals surface area contributed by atoms with Crippen molar-refractivity contribution in [3.05, 3.63) is 54.1 Å². The molecular weight excluding hydrogens is 356 g/mol. The Morgan fingerprint density at radius 2 is 2.15 bits per heavy atom. The Hall–Kier alpha value is -1.92. The van der Waals surface area contributed by atoms with Crippen LogP contribution >= 0.6 is 12.2 Å². The van der Waals surface area contributed by atoms with E-state index in [1.807, 2.05) is 18.3 Å². The molecule has 0 radical (unpaired) electrons. The predicted molar refractivity (Wildman–Crippen MR) is 111 cm³/mol. The topological polar surface area (TPSA) is 42.3 Å². The van der Waals surface area contributed by atoms with Gasteiger partial charge in [0.15, 0.2) is 5.11 Å². The molecule has 0 unspecified atom stereocenters. The molecule has 5 nitrogen and oxygen atoms in total. The summed E-state index contributed by atoms with van der Waals surface area (Å²) in [7, 11) is 0. The second-order valence-corrected chi connectivity index (χ2v) is 8.82. The number of pyridine rings is 1. The second kappa shape index (κ2) is 7.24. The number of nitrogens with zero attached hydrogens (tertiary/aromatic N) is 3. The van der Waals surface area contributed by atoms with Crippen LogP contribution in [-0.4, -0.2) is 38.8 Å². The molecule has 3 atom stereocenters. The number of thiocarbonyl (C=S) groups is 1. The predicted octanol–water partition coefficient (Wildman–Crippen LogP) is 3.79. The summed E-state index contributed by atoms with van der Waals surface area (Å²) in [6.07, 6.45) is 8.74. The average molecular weight is 385 g/mol. The van der Waals surface area contributed by atoms with Crippen molar-refractivity contribution >= 4 is 17.3 Å². The standard InChI is InChI=1S/C21H28N4OS/c1-21(2,3)24-11-9-15(13-24)19-18(17-8-4-5-10-22-17)23-20(27)25(19)14-16-7-6-12-26-16/h4-5,8-11,13,16,18-19H,6-7,12,14H2,1-3H3,(H,23,27)/t16-,18-,19-/m1/s1. The van der Waals surface area contributed by atoms with E-state index in [-0.39, 0.29) is 23.7 Å². The van der Waals surface area contributed by atoms with Crippen molar-refractivity contribution in [3.63, 3.8) is 0 Å². The smallest absolute Gasteiger partial charge is 0.170 e. The Balaban J connectivity index is 1.69. The van der Waals surface area contributed by atoms with Crippen molar-refractivity contribution in [2.24, 2.45) is 0 Å². The van der Waals surface area contributed by atoms with Crippen LogP contribution in [-0.2, 0) is 10.3 Å². The van der Waals surface area contributed by atoms with Gasteiger partial charge in [0.1, 0.15) is 0 Å². The van der Waals surface area contributed by atoms with E-state index < -0.39 is 0 Å². The highest BCUT2D eigenvalue weighted by atomic mass is 32.1. The highest BCUT2D eigenvalue weighted by Crippen LogP contribution is 2.39. The number of nitrogens with one attached hydrogen (secondary N) is 1. The highest BCUT2D eigenvalue weighted by molar-refractivity contribution is 7.80. The molecule has 1 N–H and O–H groups in total. The first-order valence-electron chi connectivity index (χ1n) is 9.71. The van der Waals surface area contributed by atoms with Crippen LogP contribution < -0.4 is 5.32 Å². The minimum atomic E-state index is 0.0379. The number of hydrogen-bond acceptors (Lipinski definition) is 3. The molecule has 4 heterocycles. The van der Waals surface area contributed by atoms with Crippen LogP contribution in [0, 0.1) is 0 Å². The van der Waals surface area contributed by atoms with Crippen LogP contribution in [0.1, 0.15) is 57.0 Å². The van der Waals surface area contributed by atoms with Crippen LogP contribution in [0.5, 0.6) is 0 Å². The highest BCUT2D eigenvalue weighted by Gasteiger charge is 2.41. The van der Waals surface area contributed by atoms with Gasteiger partial charge in [-0.25, -0.2) is 0 Å². The normalized spacial score (nSPS) is 25.8. The molecule has 4 rings (SSSR count). The maximum atomic E-state index is 5.90. The van der Waals surface area contributed by atoms with Crippen LogP contribution in [0.25, 0.3) is 0 Å². The SMILES string of the molecule is CC(C)(C)n1ccc([C@@H]2[C@@H](c3ccccn3)NC(=S)N2C[C@H]2CCCO2)c1. The summed E-state index contributed by atoms with van der Waals surface area (Å²) in [5.74, 6) is 0. The Bertz CT molecular complexity index is 792. The lowest BCUT2D eigenvalue weighted by Crippen LogP contribution is -2.36. The fourth-order valence-electron chi connectivity index (χ4n) is 3.98. The maximum absolute atomic E-state index is 5.90.